The Morgan fingerprint density at radius 1 is 0.926 bits per heavy atom. The van der Waals surface area contributed by atoms with E-state index in [2.05, 4.69) is 10.6 Å². The average molecular weight is 406 g/mol. The van der Waals surface area contributed by atoms with Crippen LogP contribution in [-0.2, 0) is 24.0 Å². The van der Waals surface area contributed by atoms with E-state index in [1.54, 1.807) is 6.26 Å². The fourth-order valence-electron chi connectivity index (χ4n) is 2.01. The van der Waals surface area contributed by atoms with Crippen molar-refractivity contribution in [3.8, 4) is 0 Å². The molecule has 0 aromatic carbocycles. The molecule has 0 aromatic rings. The van der Waals surface area contributed by atoms with E-state index in [0.29, 0.717) is 5.75 Å². The quantitative estimate of drug-likeness (QED) is 0.193. The number of carbonyl (C=O) groups excluding carboxylic acids is 3. The minimum atomic E-state index is -1.34. The molecule has 0 saturated heterocycles. The van der Waals surface area contributed by atoms with Gasteiger partial charge in [-0.25, -0.2) is 4.79 Å². The zero-order valence-electron chi connectivity index (χ0n) is 15.0. The summed E-state index contributed by atoms with van der Waals surface area (Å²) in [6.45, 7) is 0. The Bertz CT molecular complexity index is 558. The second-order valence-corrected chi connectivity index (χ2v) is 6.77. The lowest BCUT2D eigenvalue weighted by Crippen LogP contribution is -2.54. The predicted octanol–water partition coefficient (Wildman–Crippen LogP) is -1.75. The summed E-state index contributed by atoms with van der Waals surface area (Å²) in [7, 11) is 0. The number of carboxylic acids is 2. The van der Waals surface area contributed by atoms with Crippen molar-refractivity contribution in [2.45, 2.75) is 50.2 Å². The summed E-state index contributed by atoms with van der Waals surface area (Å²) in [5.74, 6) is -4.08. The highest BCUT2D eigenvalue weighted by Crippen LogP contribution is 2.05. The maximum Gasteiger partial charge on any atom is 0.326 e. The first kappa shape index (κ1) is 24.7. The SMILES string of the molecule is CSCCC(NC(=O)C(N)CCC(=O)O)C(=O)NC(CCC(N)=O)C(=O)O. The first-order valence-electron chi connectivity index (χ1n) is 8.16. The van der Waals surface area contributed by atoms with Crippen molar-refractivity contribution in [2.75, 3.05) is 12.0 Å². The molecular weight excluding hydrogens is 380 g/mol. The molecule has 3 atom stereocenters. The van der Waals surface area contributed by atoms with Crippen LogP contribution in [0.1, 0.15) is 32.1 Å². The van der Waals surface area contributed by atoms with E-state index in [9.17, 15) is 24.0 Å². The lowest BCUT2D eigenvalue weighted by molar-refractivity contribution is -0.142. The van der Waals surface area contributed by atoms with Crippen LogP contribution in [0.2, 0.25) is 0 Å². The summed E-state index contributed by atoms with van der Waals surface area (Å²) >= 11 is 1.42. The summed E-state index contributed by atoms with van der Waals surface area (Å²) in [5, 5.41) is 22.5. The van der Waals surface area contributed by atoms with Gasteiger partial charge in [-0.15, -0.1) is 0 Å². The molecule has 3 unspecified atom stereocenters. The van der Waals surface area contributed by atoms with Crippen LogP contribution in [0.25, 0.3) is 0 Å². The zero-order chi connectivity index (χ0) is 21.0. The summed E-state index contributed by atoms with van der Waals surface area (Å²) in [5.41, 5.74) is 10.6. The van der Waals surface area contributed by atoms with Crippen molar-refractivity contribution < 1.29 is 34.2 Å². The fourth-order valence-corrected chi connectivity index (χ4v) is 2.48. The van der Waals surface area contributed by atoms with Crippen molar-refractivity contribution in [2.24, 2.45) is 11.5 Å². The molecule has 0 rings (SSSR count). The maximum atomic E-state index is 12.4. The lowest BCUT2D eigenvalue weighted by Gasteiger charge is -2.22. The standard InChI is InChI=1S/C15H26N4O7S/c1-27-7-6-9(18-13(23)8(16)2-5-12(21)22)14(24)19-10(15(25)26)3-4-11(17)20/h8-10H,2-7,16H2,1H3,(H2,17,20)(H,18,23)(H,19,24)(H,21,22)(H,25,26). The van der Waals surface area contributed by atoms with Gasteiger partial charge in [0.1, 0.15) is 12.1 Å². The molecule has 27 heavy (non-hydrogen) atoms. The van der Waals surface area contributed by atoms with Crippen LogP contribution in [0.4, 0.5) is 0 Å². The normalized spacial score (nSPS) is 13.9. The van der Waals surface area contributed by atoms with E-state index in [1.807, 2.05) is 0 Å². The van der Waals surface area contributed by atoms with Gasteiger partial charge < -0.3 is 32.3 Å². The van der Waals surface area contributed by atoms with Gasteiger partial charge in [0.2, 0.25) is 17.7 Å². The van der Waals surface area contributed by atoms with Gasteiger partial charge in [-0.3, -0.25) is 19.2 Å². The highest BCUT2D eigenvalue weighted by atomic mass is 32.2. The number of rotatable bonds is 14. The minimum Gasteiger partial charge on any atom is -0.481 e. The number of amides is 3. The minimum absolute atomic E-state index is 0.103. The van der Waals surface area contributed by atoms with Crippen LogP contribution in [-0.4, -0.2) is 70.0 Å². The number of thioether (sulfide) groups is 1. The third-order valence-electron chi connectivity index (χ3n) is 3.54. The lowest BCUT2D eigenvalue weighted by atomic mass is 10.1. The third-order valence-corrected chi connectivity index (χ3v) is 4.19. The highest BCUT2D eigenvalue weighted by molar-refractivity contribution is 7.98. The van der Waals surface area contributed by atoms with Gasteiger partial charge in [0, 0.05) is 12.8 Å². The number of carboxylic acid groups (broad SMARTS) is 2. The first-order chi connectivity index (χ1) is 12.6. The van der Waals surface area contributed by atoms with Gasteiger partial charge in [-0.1, -0.05) is 0 Å². The Labute approximate surface area is 160 Å². The van der Waals surface area contributed by atoms with Crippen molar-refractivity contribution in [1.82, 2.24) is 10.6 Å². The number of hydrogen-bond acceptors (Lipinski definition) is 7. The van der Waals surface area contributed by atoms with Gasteiger partial charge in [0.25, 0.3) is 0 Å². The second-order valence-electron chi connectivity index (χ2n) is 5.79. The van der Waals surface area contributed by atoms with Crippen molar-refractivity contribution >= 4 is 41.4 Å². The molecule has 3 amide bonds. The summed E-state index contributed by atoms with van der Waals surface area (Å²) in [4.78, 5) is 57.1. The van der Waals surface area contributed by atoms with Crippen LogP contribution in [0.5, 0.6) is 0 Å². The van der Waals surface area contributed by atoms with Crippen LogP contribution in [0, 0.1) is 0 Å². The van der Waals surface area contributed by atoms with Gasteiger partial charge >= 0.3 is 11.9 Å². The average Bonchev–Trinajstić information content (AvgIpc) is 2.58. The number of nitrogens with two attached hydrogens (primary N) is 2. The van der Waals surface area contributed by atoms with Gasteiger partial charge in [-0.2, -0.15) is 11.8 Å². The summed E-state index contributed by atoms with van der Waals surface area (Å²) in [6, 6.07) is -3.49. The summed E-state index contributed by atoms with van der Waals surface area (Å²) < 4.78 is 0. The van der Waals surface area contributed by atoms with E-state index in [-0.39, 0.29) is 32.1 Å². The molecule has 0 radical (unpaired) electrons. The zero-order valence-corrected chi connectivity index (χ0v) is 15.8. The van der Waals surface area contributed by atoms with Crippen LogP contribution < -0.4 is 22.1 Å². The molecule has 0 fully saturated rings. The number of aliphatic carboxylic acids is 2. The molecule has 0 aliphatic heterocycles. The van der Waals surface area contributed by atoms with Crippen LogP contribution >= 0.6 is 11.8 Å². The van der Waals surface area contributed by atoms with Gasteiger partial charge in [-0.05, 0) is 31.3 Å². The Balaban J connectivity index is 4.95. The number of carbonyl (C=O) groups is 5. The van der Waals surface area contributed by atoms with E-state index < -0.39 is 47.8 Å². The smallest absolute Gasteiger partial charge is 0.326 e. The van der Waals surface area contributed by atoms with E-state index in [4.69, 9.17) is 21.7 Å². The van der Waals surface area contributed by atoms with Gasteiger partial charge in [0.05, 0.1) is 6.04 Å². The fraction of sp³-hybridized carbons (Fsp3) is 0.667. The van der Waals surface area contributed by atoms with Crippen molar-refractivity contribution in [1.29, 1.82) is 0 Å². The molecule has 154 valence electrons. The first-order valence-corrected chi connectivity index (χ1v) is 9.56. The Kier molecular flexibility index (Phi) is 11.8. The Morgan fingerprint density at radius 3 is 2.00 bits per heavy atom. The monoisotopic (exact) mass is 406 g/mol. The number of hydrogen-bond donors (Lipinski definition) is 6. The van der Waals surface area contributed by atoms with Crippen LogP contribution in [0.3, 0.4) is 0 Å². The molecule has 0 aliphatic rings. The predicted molar refractivity (Wildman–Crippen MR) is 97.8 cm³/mol. The highest BCUT2D eigenvalue weighted by Gasteiger charge is 2.28. The van der Waals surface area contributed by atoms with Crippen molar-refractivity contribution in [3.63, 3.8) is 0 Å². The topological polar surface area (TPSA) is 202 Å². The van der Waals surface area contributed by atoms with E-state index >= 15 is 0 Å². The van der Waals surface area contributed by atoms with E-state index in [1.165, 1.54) is 11.8 Å². The molecule has 8 N–H and O–H groups in total. The number of primary amides is 1. The maximum absolute atomic E-state index is 12.4. The number of nitrogens with one attached hydrogen (secondary N) is 2. The van der Waals surface area contributed by atoms with Crippen LogP contribution in [0.15, 0.2) is 0 Å². The molecule has 11 nitrogen and oxygen atoms in total. The third kappa shape index (κ3) is 11.1. The largest absolute Gasteiger partial charge is 0.481 e. The van der Waals surface area contributed by atoms with Gasteiger partial charge in [0.15, 0.2) is 0 Å². The van der Waals surface area contributed by atoms with Crippen molar-refractivity contribution in [3.05, 3.63) is 0 Å². The Hall–Kier alpha value is -2.34. The molecule has 0 aliphatic carbocycles. The molecule has 12 heteroatoms. The summed E-state index contributed by atoms with van der Waals surface area (Å²) in [6.07, 6.45) is 1.20. The molecule has 0 aromatic heterocycles. The second kappa shape index (κ2) is 12.9. The molecule has 0 saturated carbocycles. The molecule has 0 spiro atoms. The molecule has 0 heterocycles. The molecule has 0 bridgehead atoms. The molecular formula is C15H26N4O7S. The van der Waals surface area contributed by atoms with E-state index in [0.717, 1.165) is 0 Å². The Morgan fingerprint density at radius 2 is 1.52 bits per heavy atom.